The van der Waals surface area contributed by atoms with Crippen molar-refractivity contribution in [2.75, 3.05) is 28.4 Å². The highest BCUT2D eigenvalue weighted by molar-refractivity contribution is 5.95. The first-order valence-electron chi connectivity index (χ1n) is 7.40. The fourth-order valence-corrected chi connectivity index (χ4v) is 2.40. The molecule has 0 N–H and O–H groups in total. The van der Waals surface area contributed by atoms with E-state index in [2.05, 4.69) is 0 Å². The summed E-state index contributed by atoms with van der Waals surface area (Å²) in [7, 11) is 5.88. The molecule has 1 amide bonds. The smallest absolute Gasteiger partial charge is 0.254 e. The van der Waals surface area contributed by atoms with Gasteiger partial charge in [-0.3, -0.25) is 4.79 Å². The van der Waals surface area contributed by atoms with Crippen molar-refractivity contribution in [3.05, 3.63) is 53.1 Å². The first-order valence-corrected chi connectivity index (χ1v) is 7.40. The molecule has 0 aliphatic heterocycles. The molecule has 5 nitrogen and oxygen atoms in total. The van der Waals surface area contributed by atoms with Gasteiger partial charge in [-0.15, -0.1) is 0 Å². The normalized spacial score (nSPS) is 10.3. The summed E-state index contributed by atoms with van der Waals surface area (Å²) in [5.74, 6) is -0.695. The van der Waals surface area contributed by atoms with Crippen LogP contribution in [-0.2, 0) is 6.54 Å². The zero-order valence-electron chi connectivity index (χ0n) is 14.4. The molecule has 0 heterocycles. The van der Waals surface area contributed by atoms with E-state index in [1.54, 1.807) is 0 Å². The Morgan fingerprint density at radius 1 is 1.00 bits per heavy atom. The minimum Gasteiger partial charge on any atom is -0.493 e. The molecule has 2 aromatic rings. The lowest BCUT2D eigenvalue weighted by molar-refractivity contribution is 0.0783. The second kappa shape index (κ2) is 7.83. The number of hydrogen-bond donors (Lipinski definition) is 0. The maximum Gasteiger partial charge on any atom is 0.254 e. The molecule has 0 unspecified atom stereocenters. The van der Waals surface area contributed by atoms with Crippen molar-refractivity contribution in [2.24, 2.45) is 0 Å². The fourth-order valence-electron chi connectivity index (χ4n) is 2.40. The summed E-state index contributed by atoms with van der Waals surface area (Å²) in [6.07, 6.45) is 0. The second-order valence-electron chi connectivity index (χ2n) is 5.31. The van der Waals surface area contributed by atoms with E-state index in [1.165, 1.54) is 51.5 Å². The van der Waals surface area contributed by atoms with E-state index in [-0.39, 0.29) is 18.0 Å². The molecule has 0 spiro atoms. The quantitative estimate of drug-likeness (QED) is 0.802. The van der Waals surface area contributed by atoms with E-state index in [0.29, 0.717) is 22.8 Å². The topological polar surface area (TPSA) is 48.0 Å². The first kappa shape index (κ1) is 18.5. The van der Waals surface area contributed by atoms with Crippen LogP contribution in [0.25, 0.3) is 0 Å². The highest BCUT2D eigenvalue weighted by Gasteiger charge is 2.20. The molecule has 0 aliphatic rings. The number of rotatable bonds is 6. The minimum atomic E-state index is -0.704. The average molecular weight is 351 g/mol. The van der Waals surface area contributed by atoms with Crippen molar-refractivity contribution < 1.29 is 27.8 Å². The van der Waals surface area contributed by atoms with E-state index in [9.17, 15) is 13.6 Å². The summed E-state index contributed by atoms with van der Waals surface area (Å²) >= 11 is 0. The summed E-state index contributed by atoms with van der Waals surface area (Å²) in [5, 5.41) is 0. The molecule has 0 bridgehead atoms. The number of nitrogens with zero attached hydrogens (tertiary/aromatic N) is 1. The Kier molecular flexibility index (Phi) is 5.80. The number of halogens is 2. The summed E-state index contributed by atoms with van der Waals surface area (Å²) in [6.45, 7) is -0.0123. The van der Waals surface area contributed by atoms with E-state index < -0.39 is 11.6 Å². The molecule has 0 saturated heterocycles. The van der Waals surface area contributed by atoms with Gasteiger partial charge in [-0.2, -0.15) is 0 Å². The summed E-state index contributed by atoms with van der Waals surface area (Å²) < 4.78 is 42.4. The van der Waals surface area contributed by atoms with Gasteiger partial charge in [0.2, 0.25) is 5.75 Å². The maximum atomic E-state index is 13.8. The molecule has 7 heteroatoms. The predicted molar refractivity (Wildman–Crippen MR) is 88.3 cm³/mol. The number of methoxy groups -OCH3 is 3. The molecule has 0 aromatic heterocycles. The van der Waals surface area contributed by atoms with Crippen LogP contribution in [0.15, 0.2) is 30.3 Å². The first-order chi connectivity index (χ1) is 11.9. The Morgan fingerprint density at radius 2 is 1.60 bits per heavy atom. The largest absolute Gasteiger partial charge is 0.493 e. The van der Waals surface area contributed by atoms with Gasteiger partial charge in [0.25, 0.3) is 5.91 Å². The monoisotopic (exact) mass is 351 g/mol. The minimum absolute atomic E-state index is 0.0123. The molecule has 0 fully saturated rings. The molecule has 0 atom stereocenters. The van der Waals surface area contributed by atoms with E-state index in [1.807, 2.05) is 0 Å². The van der Waals surface area contributed by atoms with Crippen LogP contribution < -0.4 is 14.2 Å². The van der Waals surface area contributed by atoms with Crippen molar-refractivity contribution in [3.63, 3.8) is 0 Å². The average Bonchev–Trinajstić information content (AvgIpc) is 2.61. The van der Waals surface area contributed by atoms with Crippen LogP contribution in [0, 0.1) is 11.6 Å². The molecular weight excluding hydrogens is 332 g/mol. The second-order valence-corrected chi connectivity index (χ2v) is 5.31. The highest BCUT2D eigenvalue weighted by atomic mass is 19.1. The van der Waals surface area contributed by atoms with E-state index >= 15 is 0 Å². The van der Waals surface area contributed by atoms with Crippen molar-refractivity contribution in [3.8, 4) is 17.2 Å². The predicted octanol–water partition coefficient (Wildman–Crippen LogP) is 3.26. The fraction of sp³-hybridized carbons (Fsp3) is 0.278. The van der Waals surface area contributed by atoms with Gasteiger partial charge >= 0.3 is 0 Å². The molecule has 25 heavy (non-hydrogen) atoms. The van der Waals surface area contributed by atoms with Crippen LogP contribution in [0.4, 0.5) is 8.78 Å². The molecule has 0 aliphatic carbocycles. The molecule has 134 valence electrons. The van der Waals surface area contributed by atoms with Crippen molar-refractivity contribution >= 4 is 5.91 Å². The maximum absolute atomic E-state index is 13.8. The van der Waals surface area contributed by atoms with Gasteiger partial charge in [-0.25, -0.2) is 8.78 Å². The Bertz CT molecular complexity index is 755. The van der Waals surface area contributed by atoms with Crippen LogP contribution >= 0.6 is 0 Å². The Labute approximate surface area is 144 Å². The highest BCUT2D eigenvalue weighted by Crippen LogP contribution is 2.38. The van der Waals surface area contributed by atoms with Gasteiger partial charge < -0.3 is 19.1 Å². The lowest BCUT2D eigenvalue weighted by atomic mass is 10.1. The molecule has 0 radical (unpaired) electrons. The third-order valence-electron chi connectivity index (χ3n) is 3.68. The van der Waals surface area contributed by atoms with Crippen LogP contribution in [0.5, 0.6) is 17.2 Å². The zero-order valence-corrected chi connectivity index (χ0v) is 14.4. The van der Waals surface area contributed by atoms with Gasteiger partial charge in [-0.1, -0.05) is 6.07 Å². The summed E-state index contributed by atoms with van der Waals surface area (Å²) in [4.78, 5) is 14.0. The number of ether oxygens (including phenoxy) is 3. The van der Waals surface area contributed by atoms with Crippen LogP contribution in [0.2, 0.25) is 0 Å². The zero-order chi connectivity index (χ0) is 18.6. The van der Waals surface area contributed by atoms with Crippen molar-refractivity contribution in [2.45, 2.75) is 6.54 Å². The number of carbonyl (C=O) groups excluding carboxylic acids is 1. The molecular formula is C18H19F2NO4. The number of hydrogen-bond acceptors (Lipinski definition) is 4. The van der Waals surface area contributed by atoms with Crippen molar-refractivity contribution in [1.29, 1.82) is 0 Å². The van der Waals surface area contributed by atoms with E-state index in [0.717, 1.165) is 12.1 Å². The van der Waals surface area contributed by atoms with Crippen LogP contribution in [-0.4, -0.2) is 39.2 Å². The third-order valence-corrected chi connectivity index (χ3v) is 3.68. The molecule has 2 rings (SSSR count). The van der Waals surface area contributed by atoms with Gasteiger partial charge in [0.05, 0.1) is 21.3 Å². The van der Waals surface area contributed by atoms with Gasteiger partial charge in [0.15, 0.2) is 11.5 Å². The molecule has 2 aromatic carbocycles. The Morgan fingerprint density at radius 3 is 2.08 bits per heavy atom. The third kappa shape index (κ3) is 3.99. The lowest BCUT2D eigenvalue weighted by Crippen LogP contribution is -2.26. The van der Waals surface area contributed by atoms with Gasteiger partial charge in [0, 0.05) is 30.8 Å². The summed E-state index contributed by atoms with van der Waals surface area (Å²) in [6, 6.07) is 6.27. The molecule has 0 saturated carbocycles. The lowest BCUT2D eigenvalue weighted by Gasteiger charge is -2.19. The van der Waals surface area contributed by atoms with Gasteiger partial charge in [-0.05, 0) is 18.2 Å². The van der Waals surface area contributed by atoms with Crippen LogP contribution in [0.3, 0.4) is 0 Å². The Balaban J connectivity index is 2.29. The summed E-state index contributed by atoms with van der Waals surface area (Å²) in [5.41, 5.74) is 0.504. The SMILES string of the molecule is COc1cc(C(=O)N(C)Cc2ccc(F)cc2F)cc(OC)c1OC. The van der Waals surface area contributed by atoms with Gasteiger partial charge in [0.1, 0.15) is 11.6 Å². The Hall–Kier alpha value is -2.83. The van der Waals surface area contributed by atoms with Crippen molar-refractivity contribution in [1.82, 2.24) is 4.90 Å². The van der Waals surface area contributed by atoms with Crippen LogP contribution in [0.1, 0.15) is 15.9 Å². The number of amides is 1. The van der Waals surface area contributed by atoms with E-state index in [4.69, 9.17) is 14.2 Å². The number of carbonyl (C=O) groups is 1. The standard InChI is InChI=1S/C18H19F2NO4/c1-21(10-11-5-6-13(19)9-14(11)20)18(22)12-7-15(23-2)17(25-4)16(8-12)24-3/h5-9H,10H2,1-4H3. The number of benzene rings is 2.